The summed E-state index contributed by atoms with van der Waals surface area (Å²) >= 11 is 0. The number of likely N-dealkylation sites (N-methyl/N-ethyl adjacent to an activating group) is 1. The van der Waals surface area contributed by atoms with Gasteiger partial charge in [-0.05, 0) is 26.8 Å². The van der Waals surface area contributed by atoms with E-state index in [2.05, 4.69) is 63.7 Å². The summed E-state index contributed by atoms with van der Waals surface area (Å²) in [5.41, 5.74) is 0.295. The van der Waals surface area contributed by atoms with E-state index in [4.69, 9.17) is 0 Å². The Labute approximate surface area is 114 Å². The van der Waals surface area contributed by atoms with E-state index in [0.29, 0.717) is 23.5 Å². The van der Waals surface area contributed by atoms with E-state index in [1.165, 1.54) is 19.6 Å². The van der Waals surface area contributed by atoms with Crippen molar-refractivity contribution in [3.63, 3.8) is 0 Å². The lowest BCUT2D eigenvalue weighted by Crippen LogP contribution is -2.62. The monoisotopic (exact) mass is 255 g/mol. The first-order chi connectivity index (χ1) is 8.24. The maximum Gasteiger partial charge on any atom is 0.0277 e. The van der Waals surface area contributed by atoms with Gasteiger partial charge in [-0.3, -0.25) is 9.80 Å². The van der Waals surface area contributed by atoms with E-state index in [1.807, 2.05) is 0 Å². The van der Waals surface area contributed by atoms with Gasteiger partial charge in [0.05, 0.1) is 0 Å². The van der Waals surface area contributed by atoms with Crippen LogP contribution in [0.25, 0.3) is 0 Å². The second kappa shape index (κ2) is 6.36. The third kappa shape index (κ3) is 4.22. The lowest BCUT2D eigenvalue weighted by Gasteiger charge is -2.49. The molecule has 1 unspecified atom stereocenters. The normalized spacial score (nSPS) is 23.8. The summed E-state index contributed by atoms with van der Waals surface area (Å²) in [6.45, 7) is 18.5. The van der Waals surface area contributed by atoms with Gasteiger partial charge in [-0.1, -0.05) is 27.7 Å². The van der Waals surface area contributed by atoms with Crippen LogP contribution >= 0.6 is 0 Å². The van der Waals surface area contributed by atoms with Gasteiger partial charge in [0.15, 0.2) is 0 Å². The van der Waals surface area contributed by atoms with E-state index in [9.17, 15) is 0 Å². The summed E-state index contributed by atoms with van der Waals surface area (Å²) in [6.07, 6.45) is 0. The van der Waals surface area contributed by atoms with Gasteiger partial charge < -0.3 is 5.32 Å². The zero-order valence-electron chi connectivity index (χ0n) is 13.5. The van der Waals surface area contributed by atoms with Crippen LogP contribution in [0.4, 0.5) is 0 Å². The molecule has 1 fully saturated rings. The summed E-state index contributed by atoms with van der Waals surface area (Å²) in [6, 6.07) is 1.23. The largest absolute Gasteiger partial charge is 0.313 e. The molecule has 108 valence electrons. The minimum atomic E-state index is 0.295. The van der Waals surface area contributed by atoms with Gasteiger partial charge in [0.1, 0.15) is 0 Å². The molecule has 0 aromatic rings. The SMILES string of the molecule is CC(C)NCC(C(C)C)N1CCN(C)C(C)(C)C1. The van der Waals surface area contributed by atoms with Crippen LogP contribution in [0.15, 0.2) is 0 Å². The molecule has 0 radical (unpaired) electrons. The highest BCUT2D eigenvalue weighted by atomic mass is 15.3. The molecule has 1 N–H and O–H groups in total. The number of piperazine rings is 1. The van der Waals surface area contributed by atoms with Crippen molar-refractivity contribution in [2.75, 3.05) is 33.2 Å². The van der Waals surface area contributed by atoms with Crippen LogP contribution in [0.2, 0.25) is 0 Å². The summed E-state index contributed by atoms with van der Waals surface area (Å²) in [5, 5.41) is 3.61. The van der Waals surface area contributed by atoms with Crippen molar-refractivity contribution in [2.24, 2.45) is 5.92 Å². The molecule has 3 nitrogen and oxygen atoms in total. The number of hydrogen-bond donors (Lipinski definition) is 1. The van der Waals surface area contributed by atoms with Crippen LogP contribution in [-0.2, 0) is 0 Å². The molecule has 0 aromatic carbocycles. The molecule has 18 heavy (non-hydrogen) atoms. The Balaban J connectivity index is 2.63. The Hall–Kier alpha value is -0.120. The summed E-state index contributed by atoms with van der Waals surface area (Å²) in [5.74, 6) is 0.704. The molecule has 1 aliphatic heterocycles. The van der Waals surface area contributed by atoms with Gasteiger partial charge in [-0.15, -0.1) is 0 Å². The fourth-order valence-corrected chi connectivity index (χ4v) is 2.70. The highest BCUT2D eigenvalue weighted by Crippen LogP contribution is 2.22. The van der Waals surface area contributed by atoms with Gasteiger partial charge in [0.2, 0.25) is 0 Å². The number of rotatable bonds is 5. The molecular formula is C15H33N3. The standard InChI is InChI=1S/C15H33N3/c1-12(2)14(10-16-13(3)4)18-9-8-17(7)15(5,6)11-18/h12-14,16H,8-11H2,1-7H3. The summed E-state index contributed by atoms with van der Waals surface area (Å²) < 4.78 is 0. The highest BCUT2D eigenvalue weighted by molar-refractivity contribution is 4.92. The second-order valence-corrected chi connectivity index (χ2v) is 7.08. The summed E-state index contributed by atoms with van der Waals surface area (Å²) in [7, 11) is 2.24. The Bertz CT molecular complexity index is 248. The topological polar surface area (TPSA) is 18.5 Å². The molecule has 0 spiro atoms. The Morgan fingerprint density at radius 1 is 1.11 bits per heavy atom. The van der Waals surface area contributed by atoms with Crippen molar-refractivity contribution in [1.82, 2.24) is 15.1 Å². The predicted octanol–water partition coefficient (Wildman–Crippen LogP) is 2.03. The van der Waals surface area contributed by atoms with Gasteiger partial charge >= 0.3 is 0 Å². The van der Waals surface area contributed by atoms with Crippen molar-refractivity contribution in [3.8, 4) is 0 Å². The predicted molar refractivity (Wildman–Crippen MR) is 80.0 cm³/mol. The van der Waals surface area contributed by atoms with E-state index >= 15 is 0 Å². The van der Waals surface area contributed by atoms with Crippen LogP contribution < -0.4 is 5.32 Å². The average Bonchev–Trinajstić information content (AvgIpc) is 2.22. The fraction of sp³-hybridized carbons (Fsp3) is 1.00. The Kier molecular flexibility index (Phi) is 5.63. The molecule has 1 saturated heterocycles. The molecule has 0 aromatic heterocycles. The highest BCUT2D eigenvalue weighted by Gasteiger charge is 2.34. The van der Waals surface area contributed by atoms with Crippen LogP contribution in [-0.4, -0.2) is 60.6 Å². The minimum Gasteiger partial charge on any atom is -0.313 e. The maximum absolute atomic E-state index is 3.61. The first-order valence-corrected chi connectivity index (χ1v) is 7.42. The van der Waals surface area contributed by atoms with E-state index in [1.54, 1.807) is 0 Å². The maximum atomic E-state index is 3.61. The van der Waals surface area contributed by atoms with Gasteiger partial charge in [0.25, 0.3) is 0 Å². The molecule has 1 atom stereocenters. The lowest BCUT2D eigenvalue weighted by molar-refractivity contribution is 0.00536. The molecule has 1 heterocycles. The lowest BCUT2D eigenvalue weighted by atomic mass is 9.94. The molecular weight excluding hydrogens is 222 g/mol. The number of hydrogen-bond acceptors (Lipinski definition) is 3. The van der Waals surface area contributed by atoms with Crippen LogP contribution in [0.5, 0.6) is 0 Å². The molecule has 0 saturated carbocycles. The molecule has 1 rings (SSSR count). The molecule has 0 aliphatic carbocycles. The van der Waals surface area contributed by atoms with Crippen molar-refractivity contribution >= 4 is 0 Å². The number of nitrogens with one attached hydrogen (secondary N) is 1. The first kappa shape index (κ1) is 15.9. The van der Waals surface area contributed by atoms with Crippen LogP contribution in [0.1, 0.15) is 41.5 Å². The third-order valence-electron chi connectivity index (χ3n) is 4.32. The smallest absolute Gasteiger partial charge is 0.0277 e. The van der Waals surface area contributed by atoms with E-state index in [-0.39, 0.29) is 0 Å². The van der Waals surface area contributed by atoms with Gasteiger partial charge in [-0.2, -0.15) is 0 Å². The van der Waals surface area contributed by atoms with Gasteiger partial charge in [-0.25, -0.2) is 0 Å². The molecule has 3 heteroatoms. The number of nitrogens with zero attached hydrogens (tertiary/aromatic N) is 2. The molecule has 0 bridgehead atoms. The quantitative estimate of drug-likeness (QED) is 0.811. The van der Waals surface area contributed by atoms with Crippen molar-refractivity contribution in [1.29, 1.82) is 0 Å². The zero-order valence-corrected chi connectivity index (χ0v) is 13.5. The van der Waals surface area contributed by atoms with Crippen molar-refractivity contribution < 1.29 is 0 Å². The van der Waals surface area contributed by atoms with Crippen molar-refractivity contribution in [2.45, 2.75) is 59.2 Å². The van der Waals surface area contributed by atoms with Crippen LogP contribution in [0.3, 0.4) is 0 Å². The average molecular weight is 255 g/mol. The third-order valence-corrected chi connectivity index (χ3v) is 4.32. The van der Waals surface area contributed by atoms with E-state index < -0.39 is 0 Å². The second-order valence-electron chi connectivity index (χ2n) is 7.08. The minimum absolute atomic E-state index is 0.295. The van der Waals surface area contributed by atoms with Crippen molar-refractivity contribution in [3.05, 3.63) is 0 Å². The molecule has 1 aliphatic rings. The summed E-state index contributed by atoms with van der Waals surface area (Å²) in [4.78, 5) is 5.16. The van der Waals surface area contributed by atoms with Crippen LogP contribution in [0, 0.1) is 5.92 Å². The van der Waals surface area contributed by atoms with E-state index in [0.717, 1.165) is 6.54 Å². The fourth-order valence-electron chi connectivity index (χ4n) is 2.70. The molecule has 0 amide bonds. The Morgan fingerprint density at radius 3 is 2.17 bits per heavy atom. The first-order valence-electron chi connectivity index (χ1n) is 7.42. The van der Waals surface area contributed by atoms with Gasteiger partial charge in [0, 0.05) is 43.8 Å². The zero-order chi connectivity index (χ0) is 13.9. The Morgan fingerprint density at radius 2 is 1.72 bits per heavy atom.